The van der Waals surface area contributed by atoms with Crippen LogP contribution in [0.2, 0.25) is 10.0 Å². The zero-order chi connectivity index (χ0) is 24.4. The normalized spacial score (nSPS) is 11.7. The van der Waals surface area contributed by atoms with Crippen molar-refractivity contribution in [2.24, 2.45) is 0 Å². The number of nitrogens with zero attached hydrogens (tertiary/aromatic N) is 1. The van der Waals surface area contributed by atoms with Crippen molar-refractivity contribution < 1.29 is 14.3 Å². The predicted molar refractivity (Wildman–Crippen MR) is 138 cm³/mol. The highest BCUT2D eigenvalue weighted by Crippen LogP contribution is 2.27. The van der Waals surface area contributed by atoms with E-state index < -0.39 is 6.04 Å². The minimum Gasteiger partial charge on any atom is -0.483 e. The number of carbonyl (C=O) groups excluding carboxylic acids is 2. The Balaban J connectivity index is 2.22. The van der Waals surface area contributed by atoms with Gasteiger partial charge in [-0.15, -0.1) is 0 Å². The summed E-state index contributed by atoms with van der Waals surface area (Å²) >= 11 is 15.7. The van der Waals surface area contributed by atoms with Gasteiger partial charge in [0.1, 0.15) is 11.8 Å². The number of benzene rings is 2. The third-order valence-corrected chi connectivity index (χ3v) is 6.67. The lowest BCUT2D eigenvalue weighted by atomic mass is 10.1. The summed E-state index contributed by atoms with van der Waals surface area (Å²) in [6.07, 6.45) is 3.23. The van der Waals surface area contributed by atoms with Gasteiger partial charge < -0.3 is 15.0 Å². The zero-order valence-electron chi connectivity index (χ0n) is 19.3. The standard InChI is InChI=1S/C25H31BrCl2N2O3/c1-4-7-12-29-25(32)22(6-3)30(15-18-8-10-20(27)21(28)14-18)24(31)16-33-23-11-9-17(5-2)13-19(23)26/h8-11,13-14,22H,4-7,12,15-16H2,1-3H3,(H,29,32)/t22-/m0/s1. The van der Waals surface area contributed by atoms with Crippen LogP contribution in [0.4, 0.5) is 0 Å². The van der Waals surface area contributed by atoms with Crippen molar-refractivity contribution in [3.05, 3.63) is 62.0 Å². The summed E-state index contributed by atoms with van der Waals surface area (Å²) in [5.41, 5.74) is 1.95. The van der Waals surface area contributed by atoms with Crippen LogP contribution in [0, 0.1) is 0 Å². The van der Waals surface area contributed by atoms with E-state index in [0.717, 1.165) is 34.9 Å². The Kier molecular flexibility index (Phi) is 11.5. The first-order chi connectivity index (χ1) is 15.8. The largest absolute Gasteiger partial charge is 0.483 e. The fourth-order valence-corrected chi connectivity index (χ4v) is 4.23. The van der Waals surface area contributed by atoms with Gasteiger partial charge in [0.2, 0.25) is 5.91 Å². The molecule has 0 aromatic heterocycles. The fraction of sp³-hybridized carbons (Fsp3) is 0.440. The summed E-state index contributed by atoms with van der Waals surface area (Å²) in [4.78, 5) is 27.7. The molecule has 0 fully saturated rings. The number of unbranched alkanes of at least 4 members (excludes halogenated alkanes) is 1. The lowest BCUT2D eigenvalue weighted by Gasteiger charge is -2.30. The second kappa shape index (κ2) is 13.8. The molecule has 1 N–H and O–H groups in total. The Morgan fingerprint density at radius 1 is 1.06 bits per heavy atom. The van der Waals surface area contributed by atoms with E-state index in [1.54, 1.807) is 23.1 Å². The lowest BCUT2D eigenvalue weighted by molar-refractivity contribution is -0.143. The number of hydrogen-bond donors (Lipinski definition) is 1. The molecule has 0 aliphatic carbocycles. The van der Waals surface area contributed by atoms with Crippen molar-refractivity contribution in [2.45, 2.75) is 59.0 Å². The van der Waals surface area contributed by atoms with E-state index in [1.807, 2.05) is 25.1 Å². The van der Waals surface area contributed by atoms with Crippen LogP contribution in [0.15, 0.2) is 40.9 Å². The van der Waals surface area contributed by atoms with Crippen molar-refractivity contribution in [3.63, 3.8) is 0 Å². The molecule has 2 amide bonds. The number of ether oxygens (including phenoxy) is 1. The quantitative estimate of drug-likeness (QED) is 0.306. The Hall–Kier alpha value is -1.76. The van der Waals surface area contributed by atoms with E-state index >= 15 is 0 Å². The van der Waals surface area contributed by atoms with Crippen LogP contribution in [0.3, 0.4) is 0 Å². The predicted octanol–water partition coefficient (Wildman–Crippen LogP) is 6.42. The number of halogens is 3. The summed E-state index contributed by atoms with van der Waals surface area (Å²) in [5, 5.41) is 3.78. The summed E-state index contributed by atoms with van der Waals surface area (Å²) in [7, 11) is 0. The van der Waals surface area contributed by atoms with Gasteiger partial charge in [-0.05, 0) is 70.6 Å². The average Bonchev–Trinajstić information content (AvgIpc) is 2.80. The molecule has 5 nitrogen and oxygen atoms in total. The topological polar surface area (TPSA) is 58.6 Å². The monoisotopic (exact) mass is 556 g/mol. The maximum atomic E-state index is 13.3. The highest BCUT2D eigenvalue weighted by atomic mass is 79.9. The summed E-state index contributed by atoms with van der Waals surface area (Å²) in [6, 6.07) is 10.4. The SMILES string of the molecule is CCCCNC(=O)[C@H](CC)N(Cc1ccc(Cl)c(Cl)c1)C(=O)COc1ccc(CC)cc1Br. The maximum absolute atomic E-state index is 13.3. The molecule has 0 bridgehead atoms. The van der Waals surface area contributed by atoms with Crippen molar-refractivity contribution in [1.29, 1.82) is 0 Å². The van der Waals surface area contributed by atoms with E-state index in [1.165, 1.54) is 0 Å². The van der Waals surface area contributed by atoms with Crippen LogP contribution in [-0.2, 0) is 22.6 Å². The smallest absolute Gasteiger partial charge is 0.261 e. The van der Waals surface area contributed by atoms with E-state index in [-0.39, 0.29) is 25.0 Å². The van der Waals surface area contributed by atoms with Crippen LogP contribution in [0.1, 0.15) is 51.2 Å². The molecule has 0 radical (unpaired) electrons. The second-order valence-electron chi connectivity index (χ2n) is 7.75. The van der Waals surface area contributed by atoms with Gasteiger partial charge in [0.25, 0.3) is 5.91 Å². The molecule has 2 aromatic carbocycles. The average molecular weight is 558 g/mol. The first-order valence-corrected chi connectivity index (χ1v) is 12.8. The number of amides is 2. The molecule has 1 atom stereocenters. The van der Waals surface area contributed by atoms with Gasteiger partial charge in [-0.25, -0.2) is 0 Å². The Labute approximate surface area is 214 Å². The third-order valence-electron chi connectivity index (χ3n) is 5.31. The molecule has 0 saturated heterocycles. The second-order valence-corrected chi connectivity index (χ2v) is 9.41. The molecule has 0 spiro atoms. The van der Waals surface area contributed by atoms with Crippen LogP contribution in [0.25, 0.3) is 0 Å². The van der Waals surface area contributed by atoms with Gasteiger partial charge in [0.05, 0.1) is 14.5 Å². The Morgan fingerprint density at radius 2 is 1.79 bits per heavy atom. The number of aryl methyl sites for hydroxylation is 1. The van der Waals surface area contributed by atoms with Crippen molar-refractivity contribution in [2.75, 3.05) is 13.2 Å². The van der Waals surface area contributed by atoms with Crippen LogP contribution < -0.4 is 10.1 Å². The summed E-state index contributed by atoms with van der Waals surface area (Å²) < 4.78 is 6.60. The molecule has 2 rings (SSSR count). The first kappa shape index (κ1) is 27.5. The zero-order valence-corrected chi connectivity index (χ0v) is 22.4. The third kappa shape index (κ3) is 8.20. The maximum Gasteiger partial charge on any atom is 0.261 e. The highest BCUT2D eigenvalue weighted by Gasteiger charge is 2.29. The molecular formula is C25H31BrCl2N2O3. The van der Waals surface area contributed by atoms with Gasteiger partial charge in [-0.3, -0.25) is 9.59 Å². The van der Waals surface area contributed by atoms with E-state index in [2.05, 4.69) is 35.1 Å². The number of nitrogens with one attached hydrogen (secondary N) is 1. The molecule has 0 aliphatic heterocycles. The summed E-state index contributed by atoms with van der Waals surface area (Å²) in [5.74, 6) is 0.119. The number of rotatable bonds is 12. The molecule has 0 aliphatic rings. The van der Waals surface area contributed by atoms with Gasteiger partial charge in [-0.2, -0.15) is 0 Å². The number of carbonyl (C=O) groups is 2. The van der Waals surface area contributed by atoms with Gasteiger partial charge in [-0.1, -0.05) is 62.5 Å². The highest BCUT2D eigenvalue weighted by molar-refractivity contribution is 9.10. The molecule has 8 heteroatoms. The van der Waals surface area contributed by atoms with E-state index in [0.29, 0.717) is 28.8 Å². The van der Waals surface area contributed by atoms with Gasteiger partial charge in [0, 0.05) is 13.1 Å². The molecule has 33 heavy (non-hydrogen) atoms. The molecular weight excluding hydrogens is 527 g/mol. The molecule has 0 saturated carbocycles. The van der Waals surface area contributed by atoms with Gasteiger partial charge >= 0.3 is 0 Å². The van der Waals surface area contributed by atoms with Crippen molar-refractivity contribution >= 4 is 50.9 Å². The Bertz CT molecular complexity index is 955. The van der Waals surface area contributed by atoms with Crippen LogP contribution in [0.5, 0.6) is 5.75 Å². The minimum absolute atomic E-state index is 0.173. The lowest BCUT2D eigenvalue weighted by Crippen LogP contribution is -2.50. The van der Waals surface area contributed by atoms with E-state index in [9.17, 15) is 9.59 Å². The van der Waals surface area contributed by atoms with Crippen molar-refractivity contribution in [1.82, 2.24) is 10.2 Å². The summed E-state index contributed by atoms with van der Waals surface area (Å²) in [6.45, 7) is 6.63. The minimum atomic E-state index is -0.627. The Morgan fingerprint density at radius 3 is 2.39 bits per heavy atom. The first-order valence-electron chi connectivity index (χ1n) is 11.2. The van der Waals surface area contributed by atoms with E-state index in [4.69, 9.17) is 27.9 Å². The van der Waals surface area contributed by atoms with Crippen LogP contribution in [-0.4, -0.2) is 35.9 Å². The van der Waals surface area contributed by atoms with Crippen LogP contribution >= 0.6 is 39.1 Å². The number of hydrogen-bond acceptors (Lipinski definition) is 3. The molecule has 0 heterocycles. The molecule has 180 valence electrons. The van der Waals surface area contributed by atoms with Gasteiger partial charge in [0.15, 0.2) is 6.61 Å². The molecule has 0 unspecified atom stereocenters. The van der Waals surface area contributed by atoms with Crippen molar-refractivity contribution in [3.8, 4) is 5.75 Å². The molecule has 2 aromatic rings. The fourth-order valence-electron chi connectivity index (χ4n) is 3.36.